The molecule has 0 saturated heterocycles. The first-order valence-corrected chi connectivity index (χ1v) is 7.14. The quantitative estimate of drug-likeness (QED) is 0.685. The van der Waals surface area contributed by atoms with Crippen molar-refractivity contribution in [2.75, 3.05) is 30.5 Å². The van der Waals surface area contributed by atoms with E-state index in [-0.39, 0.29) is 12.0 Å². The molecule has 0 bridgehead atoms. The molecular weight excluding hydrogens is 242 g/mol. The van der Waals surface area contributed by atoms with Gasteiger partial charge in [-0.3, -0.25) is 0 Å². The molecule has 0 fully saturated rings. The summed E-state index contributed by atoms with van der Waals surface area (Å²) >= 11 is 2.99. The van der Waals surface area contributed by atoms with Gasteiger partial charge in [-0.25, -0.2) is 0 Å². The van der Waals surface area contributed by atoms with Gasteiger partial charge in [0.25, 0.3) is 0 Å². The van der Waals surface area contributed by atoms with Crippen LogP contribution in [0.2, 0.25) is 0 Å². The minimum atomic E-state index is 0.0726. The van der Waals surface area contributed by atoms with Crippen molar-refractivity contribution in [3.05, 3.63) is 0 Å². The highest BCUT2D eigenvalue weighted by Crippen LogP contribution is 2.35. The Kier molecular flexibility index (Phi) is 4.89. The molecule has 1 aromatic rings. The normalized spacial score (nSPS) is 11.8. The van der Waals surface area contributed by atoms with Gasteiger partial charge in [-0.15, -0.1) is 11.8 Å². The Morgan fingerprint density at radius 1 is 1.56 bits per heavy atom. The minimum absolute atomic E-state index is 0.0726. The number of hydrogen-bond donors (Lipinski definition) is 3. The van der Waals surface area contributed by atoms with Crippen LogP contribution >= 0.6 is 23.3 Å². The van der Waals surface area contributed by atoms with Gasteiger partial charge >= 0.3 is 0 Å². The third-order valence-electron chi connectivity index (χ3n) is 2.39. The number of nitrogens with two attached hydrogens (primary N) is 1. The van der Waals surface area contributed by atoms with E-state index in [0.29, 0.717) is 5.82 Å². The minimum Gasteiger partial charge on any atom is -0.396 e. The largest absolute Gasteiger partial charge is 0.396 e. The average Bonchev–Trinajstić information content (AvgIpc) is 2.56. The van der Waals surface area contributed by atoms with Crippen molar-refractivity contribution in [1.29, 1.82) is 0 Å². The summed E-state index contributed by atoms with van der Waals surface area (Å²) in [5, 5.41) is 13.3. The van der Waals surface area contributed by atoms with Crippen LogP contribution in [-0.4, -0.2) is 28.9 Å². The fourth-order valence-corrected chi connectivity index (χ4v) is 2.85. The maximum absolute atomic E-state index is 8.94. The van der Waals surface area contributed by atoms with Crippen LogP contribution in [-0.2, 0) is 0 Å². The molecule has 4 N–H and O–H groups in total. The van der Waals surface area contributed by atoms with Gasteiger partial charge in [0.2, 0.25) is 0 Å². The van der Waals surface area contributed by atoms with E-state index in [4.69, 9.17) is 10.8 Å². The highest BCUT2D eigenvalue weighted by atomic mass is 32.2. The molecule has 0 spiro atoms. The first-order valence-electron chi connectivity index (χ1n) is 5.14. The van der Waals surface area contributed by atoms with Crippen LogP contribution in [0.4, 0.5) is 10.8 Å². The molecule has 0 radical (unpaired) electrons. The smallest absolute Gasteiger partial charge is 0.153 e. The SMILES string of the molecule is CSc1c(N)nsc1NCC(C)(C)CCO. The van der Waals surface area contributed by atoms with Crippen molar-refractivity contribution in [2.24, 2.45) is 5.41 Å². The van der Waals surface area contributed by atoms with E-state index < -0.39 is 0 Å². The van der Waals surface area contributed by atoms with Crippen molar-refractivity contribution in [3.63, 3.8) is 0 Å². The zero-order valence-electron chi connectivity index (χ0n) is 9.91. The van der Waals surface area contributed by atoms with Crippen LogP contribution in [0.25, 0.3) is 0 Å². The lowest BCUT2D eigenvalue weighted by Gasteiger charge is -2.24. The molecule has 1 heterocycles. The Balaban J connectivity index is 2.60. The van der Waals surface area contributed by atoms with Gasteiger partial charge in [-0.1, -0.05) is 13.8 Å². The highest BCUT2D eigenvalue weighted by molar-refractivity contribution is 7.99. The number of aliphatic hydroxyl groups excluding tert-OH is 1. The van der Waals surface area contributed by atoms with Crippen molar-refractivity contribution in [2.45, 2.75) is 25.2 Å². The monoisotopic (exact) mass is 261 g/mol. The summed E-state index contributed by atoms with van der Waals surface area (Å²) in [6.07, 6.45) is 2.77. The van der Waals surface area contributed by atoms with Gasteiger partial charge < -0.3 is 16.2 Å². The standard InChI is InChI=1S/C10H19N3OS2/c1-10(2,4-5-14)6-12-9-7(15-3)8(11)13-16-9/h12,14H,4-6H2,1-3H3,(H2,11,13). The zero-order valence-corrected chi connectivity index (χ0v) is 11.5. The van der Waals surface area contributed by atoms with Gasteiger partial charge in [0, 0.05) is 13.2 Å². The molecule has 0 aromatic carbocycles. The van der Waals surface area contributed by atoms with Crippen LogP contribution in [0.1, 0.15) is 20.3 Å². The van der Waals surface area contributed by atoms with Crippen LogP contribution in [0.5, 0.6) is 0 Å². The summed E-state index contributed by atoms with van der Waals surface area (Å²) in [6, 6.07) is 0. The molecule has 4 nitrogen and oxygen atoms in total. The van der Waals surface area contributed by atoms with Gasteiger partial charge in [0.05, 0.1) is 4.90 Å². The maximum atomic E-state index is 8.94. The molecular formula is C10H19N3OS2. The first-order chi connectivity index (χ1) is 7.50. The number of rotatable bonds is 6. The Morgan fingerprint density at radius 3 is 2.81 bits per heavy atom. The summed E-state index contributed by atoms with van der Waals surface area (Å²) in [5.41, 5.74) is 5.82. The Labute approximate surface area is 105 Å². The molecule has 92 valence electrons. The lowest BCUT2D eigenvalue weighted by molar-refractivity contribution is 0.220. The predicted octanol–water partition coefficient (Wildman–Crippen LogP) is 2.27. The Bertz CT molecular complexity index is 339. The molecule has 0 amide bonds. The van der Waals surface area contributed by atoms with Gasteiger partial charge in [0.1, 0.15) is 5.00 Å². The fourth-order valence-electron chi connectivity index (χ4n) is 1.31. The van der Waals surface area contributed by atoms with Crippen molar-refractivity contribution >= 4 is 34.1 Å². The molecule has 0 aliphatic heterocycles. The zero-order chi connectivity index (χ0) is 12.2. The van der Waals surface area contributed by atoms with Crippen LogP contribution < -0.4 is 11.1 Å². The molecule has 0 atom stereocenters. The maximum Gasteiger partial charge on any atom is 0.153 e. The lowest BCUT2D eigenvalue weighted by Crippen LogP contribution is -2.24. The molecule has 6 heteroatoms. The topological polar surface area (TPSA) is 71.2 Å². The third-order valence-corrected chi connectivity index (χ3v) is 4.16. The van der Waals surface area contributed by atoms with Crippen LogP contribution in [0.15, 0.2) is 4.90 Å². The highest BCUT2D eigenvalue weighted by Gasteiger charge is 2.18. The van der Waals surface area contributed by atoms with Crippen molar-refractivity contribution < 1.29 is 5.11 Å². The van der Waals surface area contributed by atoms with Crippen molar-refractivity contribution in [3.8, 4) is 0 Å². The second kappa shape index (κ2) is 5.75. The average molecular weight is 261 g/mol. The predicted molar refractivity (Wildman–Crippen MR) is 72.3 cm³/mol. The summed E-state index contributed by atoms with van der Waals surface area (Å²) in [5.74, 6) is 0.597. The number of aliphatic hydroxyl groups is 1. The van der Waals surface area contributed by atoms with Gasteiger partial charge in [-0.2, -0.15) is 4.37 Å². The van der Waals surface area contributed by atoms with Gasteiger partial charge in [0.15, 0.2) is 5.82 Å². The number of hydrogen-bond acceptors (Lipinski definition) is 6. The van der Waals surface area contributed by atoms with Gasteiger partial charge in [-0.05, 0) is 29.6 Å². The van der Waals surface area contributed by atoms with Crippen LogP contribution in [0, 0.1) is 5.41 Å². The van der Waals surface area contributed by atoms with E-state index in [1.54, 1.807) is 11.8 Å². The molecule has 16 heavy (non-hydrogen) atoms. The van der Waals surface area contributed by atoms with Crippen molar-refractivity contribution in [1.82, 2.24) is 4.37 Å². The van der Waals surface area contributed by atoms with E-state index in [1.165, 1.54) is 11.5 Å². The fraction of sp³-hybridized carbons (Fsp3) is 0.700. The second-order valence-corrected chi connectivity index (χ2v) is 6.01. The lowest BCUT2D eigenvalue weighted by atomic mass is 9.90. The molecule has 1 rings (SSSR count). The molecule has 0 aliphatic carbocycles. The van der Waals surface area contributed by atoms with Crippen LogP contribution in [0.3, 0.4) is 0 Å². The Hall–Kier alpha value is -0.460. The number of nitrogen functional groups attached to an aromatic ring is 1. The second-order valence-electron chi connectivity index (χ2n) is 4.42. The summed E-state index contributed by atoms with van der Waals surface area (Å²) < 4.78 is 4.12. The molecule has 0 aliphatic rings. The van der Waals surface area contributed by atoms with E-state index in [2.05, 4.69) is 23.5 Å². The molecule has 0 unspecified atom stereocenters. The summed E-state index contributed by atoms with van der Waals surface area (Å²) in [4.78, 5) is 1.02. The molecule has 1 aromatic heterocycles. The summed E-state index contributed by atoms with van der Waals surface area (Å²) in [6.45, 7) is 5.27. The third kappa shape index (κ3) is 3.54. The molecule has 0 saturated carbocycles. The van der Waals surface area contributed by atoms with E-state index >= 15 is 0 Å². The number of anilines is 2. The first kappa shape index (κ1) is 13.6. The number of nitrogens with one attached hydrogen (secondary N) is 1. The van der Waals surface area contributed by atoms with E-state index in [0.717, 1.165) is 22.9 Å². The Morgan fingerprint density at radius 2 is 2.25 bits per heavy atom. The number of aromatic nitrogens is 1. The summed E-state index contributed by atoms with van der Waals surface area (Å²) in [7, 11) is 0. The van der Waals surface area contributed by atoms with E-state index in [9.17, 15) is 0 Å². The number of nitrogens with zero attached hydrogens (tertiary/aromatic N) is 1. The van der Waals surface area contributed by atoms with E-state index in [1.807, 2.05) is 6.26 Å². The number of thioether (sulfide) groups is 1.